The van der Waals surface area contributed by atoms with E-state index >= 15 is 0 Å². The van der Waals surface area contributed by atoms with Gasteiger partial charge in [-0.05, 0) is 24.0 Å². The number of hydrogen-bond acceptors (Lipinski definition) is 4. The van der Waals surface area contributed by atoms with Crippen LogP contribution in [0.1, 0.15) is 24.0 Å². The van der Waals surface area contributed by atoms with Crippen LogP contribution < -0.4 is 0 Å². The first-order valence-corrected chi connectivity index (χ1v) is 11.6. The molecule has 2 bridgehead atoms. The minimum atomic E-state index is -3.21. The van der Waals surface area contributed by atoms with Gasteiger partial charge in [-0.15, -0.1) is 0 Å². The Morgan fingerprint density at radius 3 is 2.32 bits per heavy atom. The van der Waals surface area contributed by atoms with Gasteiger partial charge in [-0.25, -0.2) is 8.42 Å². The van der Waals surface area contributed by atoms with Crippen molar-refractivity contribution in [3.63, 3.8) is 0 Å². The number of nitrogens with zero attached hydrogens (tertiary/aromatic N) is 2. The lowest BCUT2D eigenvalue weighted by Gasteiger charge is -2.44. The fraction of sp³-hybridized carbons (Fsp3) is 0.455. The Hall–Kier alpha value is -1.73. The highest BCUT2D eigenvalue weighted by molar-refractivity contribution is 7.89. The van der Waals surface area contributed by atoms with Crippen molar-refractivity contribution in [2.75, 3.05) is 25.4 Å². The SMILES string of the molecule is O=S1(=O)CCC[C@@H]2CN1C(COCc1ccccc1)CN2Cc1ccccc1. The molecular weight excluding hydrogens is 372 g/mol. The van der Waals surface area contributed by atoms with E-state index in [1.807, 2.05) is 36.4 Å². The van der Waals surface area contributed by atoms with Crippen LogP contribution in [-0.4, -0.2) is 55.2 Å². The minimum absolute atomic E-state index is 0.133. The van der Waals surface area contributed by atoms with Gasteiger partial charge >= 0.3 is 0 Å². The van der Waals surface area contributed by atoms with E-state index in [1.165, 1.54) is 5.56 Å². The molecule has 4 rings (SSSR count). The molecule has 0 amide bonds. The van der Waals surface area contributed by atoms with Gasteiger partial charge in [-0.2, -0.15) is 4.31 Å². The zero-order valence-electron chi connectivity index (χ0n) is 16.1. The third-order valence-electron chi connectivity index (χ3n) is 5.71. The first kappa shape index (κ1) is 19.6. The summed E-state index contributed by atoms with van der Waals surface area (Å²) in [7, 11) is -3.21. The molecule has 0 saturated carbocycles. The normalized spacial score (nSPS) is 27.2. The van der Waals surface area contributed by atoms with Crippen LogP contribution in [0.5, 0.6) is 0 Å². The molecule has 0 aliphatic carbocycles. The molecule has 6 heteroatoms. The molecule has 5 nitrogen and oxygen atoms in total. The summed E-state index contributed by atoms with van der Waals surface area (Å²) >= 11 is 0. The maximum absolute atomic E-state index is 12.8. The van der Waals surface area contributed by atoms with E-state index in [4.69, 9.17) is 4.74 Å². The topological polar surface area (TPSA) is 49.9 Å². The standard InChI is InChI=1S/C22H28N2O3S/c25-28(26)13-7-12-21-16-24(28)22(18-27-17-20-10-5-2-6-11-20)15-23(21)14-19-8-3-1-4-9-19/h1-6,8-11,21-22H,7,12-18H2/t21-,22?/m1/s1. The Bertz CT molecular complexity index is 858. The van der Waals surface area contributed by atoms with Crippen LogP contribution >= 0.6 is 0 Å². The molecule has 2 unspecified atom stereocenters. The van der Waals surface area contributed by atoms with Crippen molar-refractivity contribution in [2.45, 2.75) is 38.1 Å². The highest BCUT2D eigenvalue weighted by Crippen LogP contribution is 2.28. The second-order valence-electron chi connectivity index (χ2n) is 7.75. The lowest BCUT2D eigenvalue weighted by molar-refractivity contribution is 0.0124. The van der Waals surface area contributed by atoms with E-state index in [-0.39, 0.29) is 17.8 Å². The molecule has 2 aliphatic rings. The summed E-state index contributed by atoms with van der Waals surface area (Å²) in [6.07, 6.45) is 1.66. The Labute approximate surface area is 168 Å². The Morgan fingerprint density at radius 2 is 1.61 bits per heavy atom. The van der Waals surface area contributed by atoms with Gasteiger partial charge in [-0.1, -0.05) is 60.7 Å². The number of ether oxygens (including phenoxy) is 1. The summed E-state index contributed by atoms with van der Waals surface area (Å²) in [5.74, 6) is 0.248. The molecule has 2 aromatic rings. The average molecular weight is 401 g/mol. The lowest BCUT2D eigenvalue weighted by Crippen LogP contribution is -2.59. The van der Waals surface area contributed by atoms with Crippen molar-refractivity contribution in [1.29, 1.82) is 0 Å². The average Bonchev–Trinajstić information content (AvgIpc) is 2.83. The molecule has 0 spiro atoms. The van der Waals surface area contributed by atoms with Crippen molar-refractivity contribution in [3.8, 4) is 0 Å². The molecule has 2 aliphatic heterocycles. The molecule has 28 heavy (non-hydrogen) atoms. The van der Waals surface area contributed by atoms with E-state index in [9.17, 15) is 8.42 Å². The van der Waals surface area contributed by atoms with Crippen molar-refractivity contribution >= 4 is 10.0 Å². The van der Waals surface area contributed by atoms with Gasteiger partial charge in [0.25, 0.3) is 0 Å². The van der Waals surface area contributed by atoms with Gasteiger partial charge in [0.05, 0.1) is 25.0 Å². The van der Waals surface area contributed by atoms with Gasteiger partial charge in [0.15, 0.2) is 0 Å². The molecule has 0 N–H and O–H groups in total. The zero-order valence-corrected chi connectivity index (χ0v) is 16.9. The molecule has 2 fully saturated rings. The summed E-state index contributed by atoms with van der Waals surface area (Å²) in [6.45, 7) is 3.08. The number of rotatable bonds is 6. The molecule has 2 aromatic carbocycles. The van der Waals surface area contributed by atoms with E-state index in [2.05, 4.69) is 29.2 Å². The second-order valence-corrected chi connectivity index (χ2v) is 9.79. The van der Waals surface area contributed by atoms with E-state index < -0.39 is 10.0 Å². The second kappa shape index (κ2) is 8.74. The van der Waals surface area contributed by atoms with Crippen LogP contribution in [0, 0.1) is 0 Å². The van der Waals surface area contributed by atoms with Crippen LogP contribution in [0.25, 0.3) is 0 Å². The molecule has 150 valence electrons. The largest absolute Gasteiger partial charge is 0.375 e. The van der Waals surface area contributed by atoms with E-state index in [0.717, 1.165) is 24.9 Å². The number of sulfonamides is 1. The summed E-state index contributed by atoms with van der Waals surface area (Å²) in [4.78, 5) is 2.45. The Balaban J connectivity index is 1.47. The van der Waals surface area contributed by atoms with Crippen LogP contribution in [-0.2, 0) is 27.9 Å². The first-order valence-electron chi connectivity index (χ1n) is 10.0. The molecule has 3 atom stereocenters. The zero-order chi connectivity index (χ0) is 19.4. The lowest BCUT2D eigenvalue weighted by atomic mass is 10.0. The molecule has 2 heterocycles. The highest BCUT2D eigenvalue weighted by Gasteiger charge is 2.41. The first-order chi connectivity index (χ1) is 13.6. The van der Waals surface area contributed by atoms with Crippen molar-refractivity contribution < 1.29 is 13.2 Å². The van der Waals surface area contributed by atoms with Crippen molar-refractivity contribution in [2.24, 2.45) is 0 Å². The molecule has 0 aromatic heterocycles. The molecular formula is C22H28N2O3S. The quantitative estimate of drug-likeness (QED) is 0.748. The van der Waals surface area contributed by atoms with Gasteiger partial charge in [-0.3, -0.25) is 4.90 Å². The van der Waals surface area contributed by atoms with Gasteiger partial charge in [0, 0.05) is 25.7 Å². The minimum Gasteiger partial charge on any atom is -0.375 e. The number of benzene rings is 2. The van der Waals surface area contributed by atoms with E-state index in [1.54, 1.807) is 4.31 Å². The number of hydrogen-bond donors (Lipinski definition) is 0. The maximum Gasteiger partial charge on any atom is 0.214 e. The third kappa shape index (κ3) is 4.63. The Morgan fingerprint density at radius 1 is 0.929 bits per heavy atom. The smallest absolute Gasteiger partial charge is 0.214 e. The van der Waals surface area contributed by atoms with Gasteiger partial charge in [0.1, 0.15) is 0 Å². The summed E-state index contributed by atoms with van der Waals surface area (Å²) in [6, 6.07) is 20.6. The highest BCUT2D eigenvalue weighted by atomic mass is 32.2. The Kier molecular flexibility index (Phi) is 6.11. The summed E-state index contributed by atoms with van der Waals surface area (Å²) in [5.41, 5.74) is 2.38. The van der Waals surface area contributed by atoms with Crippen LogP contribution in [0.3, 0.4) is 0 Å². The summed E-state index contributed by atoms with van der Waals surface area (Å²) < 4.78 is 33.2. The fourth-order valence-corrected chi connectivity index (χ4v) is 6.00. The molecule has 0 radical (unpaired) electrons. The van der Waals surface area contributed by atoms with Crippen LogP contribution in [0.15, 0.2) is 60.7 Å². The number of piperazine rings is 1. The predicted octanol–water partition coefficient (Wildman–Crippen LogP) is 2.88. The monoisotopic (exact) mass is 400 g/mol. The summed E-state index contributed by atoms with van der Waals surface area (Å²) in [5, 5.41) is 0. The fourth-order valence-electron chi connectivity index (χ4n) is 4.25. The number of fused-ring (bicyclic) bond motifs is 2. The van der Waals surface area contributed by atoms with Crippen molar-refractivity contribution in [1.82, 2.24) is 9.21 Å². The van der Waals surface area contributed by atoms with Crippen LogP contribution in [0.2, 0.25) is 0 Å². The van der Waals surface area contributed by atoms with Crippen LogP contribution in [0.4, 0.5) is 0 Å². The third-order valence-corrected chi connectivity index (χ3v) is 7.67. The molecule has 2 saturated heterocycles. The van der Waals surface area contributed by atoms with Gasteiger partial charge in [0.2, 0.25) is 10.0 Å². The van der Waals surface area contributed by atoms with Crippen molar-refractivity contribution in [3.05, 3.63) is 71.8 Å². The van der Waals surface area contributed by atoms with E-state index in [0.29, 0.717) is 26.3 Å². The predicted molar refractivity (Wildman–Crippen MR) is 110 cm³/mol. The van der Waals surface area contributed by atoms with Gasteiger partial charge < -0.3 is 4.74 Å². The maximum atomic E-state index is 12.8.